The number of nitrogens with one attached hydrogen (secondary N) is 1. The van der Waals surface area contributed by atoms with Crippen molar-refractivity contribution >= 4 is 17.2 Å². The van der Waals surface area contributed by atoms with Crippen molar-refractivity contribution in [2.75, 3.05) is 6.54 Å². The van der Waals surface area contributed by atoms with Crippen molar-refractivity contribution < 1.29 is 15.0 Å². The van der Waals surface area contributed by atoms with Gasteiger partial charge in [0.15, 0.2) is 0 Å². The molecule has 1 amide bonds. The Morgan fingerprint density at radius 3 is 2.54 bits per heavy atom. The molecule has 1 aromatic carbocycles. The third-order valence-electron chi connectivity index (χ3n) is 3.39. The molecule has 0 bridgehead atoms. The van der Waals surface area contributed by atoms with Crippen LogP contribution in [0.4, 0.5) is 0 Å². The van der Waals surface area contributed by atoms with Crippen molar-refractivity contribution in [2.45, 2.75) is 6.42 Å². The molecule has 0 unspecified atom stereocenters. The van der Waals surface area contributed by atoms with Gasteiger partial charge >= 0.3 is 0 Å². The Bertz CT molecular complexity index is 829. The molecule has 0 aliphatic rings. The maximum atomic E-state index is 12.0. The van der Waals surface area contributed by atoms with Crippen LogP contribution >= 0.6 is 11.3 Å². The highest BCUT2D eigenvalue weighted by Gasteiger charge is 2.15. The predicted octanol–water partition coefficient (Wildman–Crippen LogP) is 2.59. The summed E-state index contributed by atoms with van der Waals surface area (Å²) in [5, 5.41) is 24.9. The number of carbonyl (C=O) groups excluding carboxylic acids is 1. The smallest absolute Gasteiger partial charge is 0.258 e. The molecule has 3 rings (SSSR count). The minimum absolute atomic E-state index is 0.117. The number of carbonyl (C=O) groups is 1. The van der Waals surface area contributed by atoms with E-state index in [1.54, 1.807) is 12.4 Å². The van der Waals surface area contributed by atoms with E-state index in [4.69, 9.17) is 0 Å². The van der Waals surface area contributed by atoms with Gasteiger partial charge in [-0.2, -0.15) is 0 Å². The monoisotopic (exact) mass is 341 g/mol. The molecular formula is C17H15N3O3S. The zero-order valence-corrected chi connectivity index (χ0v) is 13.5. The van der Waals surface area contributed by atoms with E-state index in [0.29, 0.717) is 13.0 Å². The molecule has 0 saturated carbocycles. The van der Waals surface area contributed by atoms with E-state index < -0.39 is 5.91 Å². The molecule has 0 fully saturated rings. The van der Waals surface area contributed by atoms with Crippen LogP contribution in [-0.2, 0) is 6.42 Å². The van der Waals surface area contributed by atoms with E-state index in [2.05, 4.69) is 15.3 Å². The number of aromatic nitrogens is 2. The van der Waals surface area contributed by atoms with Crippen molar-refractivity contribution in [1.82, 2.24) is 15.3 Å². The van der Waals surface area contributed by atoms with Crippen LogP contribution in [-0.4, -0.2) is 32.6 Å². The molecule has 0 aliphatic carbocycles. The maximum absolute atomic E-state index is 12.0. The lowest BCUT2D eigenvalue weighted by Gasteiger charge is -2.07. The van der Waals surface area contributed by atoms with Gasteiger partial charge in [-0.3, -0.25) is 9.78 Å². The van der Waals surface area contributed by atoms with Gasteiger partial charge in [-0.25, -0.2) is 4.98 Å². The minimum Gasteiger partial charge on any atom is -0.507 e. The number of phenolic OH excluding ortho intramolecular Hbond substituents is 2. The Kier molecular flexibility index (Phi) is 4.72. The van der Waals surface area contributed by atoms with Crippen LogP contribution in [0.25, 0.3) is 10.6 Å². The lowest BCUT2D eigenvalue weighted by molar-refractivity contribution is 0.0948. The van der Waals surface area contributed by atoms with Gasteiger partial charge in [0, 0.05) is 36.3 Å². The van der Waals surface area contributed by atoms with Crippen LogP contribution < -0.4 is 5.32 Å². The van der Waals surface area contributed by atoms with E-state index in [1.807, 2.05) is 17.5 Å². The summed E-state index contributed by atoms with van der Waals surface area (Å²) in [5.41, 5.74) is 1.76. The third kappa shape index (κ3) is 3.52. The summed E-state index contributed by atoms with van der Waals surface area (Å²) in [7, 11) is 0. The lowest BCUT2D eigenvalue weighted by Crippen LogP contribution is -2.25. The van der Waals surface area contributed by atoms with E-state index >= 15 is 0 Å². The third-order valence-corrected chi connectivity index (χ3v) is 4.33. The number of thiazole rings is 1. The van der Waals surface area contributed by atoms with Gasteiger partial charge in [-0.1, -0.05) is 6.07 Å². The second kappa shape index (κ2) is 7.10. The molecule has 122 valence electrons. The fourth-order valence-electron chi connectivity index (χ4n) is 2.20. The van der Waals surface area contributed by atoms with Gasteiger partial charge in [-0.15, -0.1) is 11.3 Å². The molecule has 6 nitrogen and oxygen atoms in total. The van der Waals surface area contributed by atoms with Crippen molar-refractivity contribution in [2.24, 2.45) is 0 Å². The van der Waals surface area contributed by atoms with Crippen LogP contribution in [0.15, 0.2) is 48.1 Å². The molecule has 2 aromatic heterocycles. The quantitative estimate of drug-likeness (QED) is 0.663. The van der Waals surface area contributed by atoms with Crippen LogP contribution in [0.3, 0.4) is 0 Å². The van der Waals surface area contributed by atoms with E-state index in [9.17, 15) is 15.0 Å². The number of hydrogen-bond donors (Lipinski definition) is 3. The van der Waals surface area contributed by atoms with Gasteiger partial charge in [0.1, 0.15) is 22.1 Å². The Labute approximate surface area is 142 Å². The van der Waals surface area contributed by atoms with Gasteiger partial charge < -0.3 is 15.5 Å². The number of phenols is 2. The van der Waals surface area contributed by atoms with Gasteiger partial charge in [0.05, 0.1) is 5.69 Å². The summed E-state index contributed by atoms with van der Waals surface area (Å²) >= 11 is 1.53. The number of rotatable bonds is 5. The van der Waals surface area contributed by atoms with Crippen molar-refractivity contribution in [3.8, 4) is 22.1 Å². The van der Waals surface area contributed by atoms with Crippen LogP contribution in [0.2, 0.25) is 0 Å². The number of pyridine rings is 1. The molecule has 2 heterocycles. The summed E-state index contributed by atoms with van der Waals surface area (Å²) in [4.78, 5) is 20.6. The molecule has 0 spiro atoms. The molecule has 3 aromatic rings. The second-order valence-electron chi connectivity index (χ2n) is 5.06. The number of nitrogens with zero attached hydrogens (tertiary/aromatic N) is 2. The lowest BCUT2D eigenvalue weighted by atomic mass is 10.1. The SMILES string of the molecule is O=C(NCCc1csc(-c2ccncc2)n1)c1c(O)cccc1O. The summed E-state index contributed by atoms with van der Waals surface area (Å²) in [6, 6.07) is 7.97. The fraction of sp³-hybridized carbons (Fsp3) is 0.118. The van der Waals surface area contributed by atoms with Gasteiger partial charge in [-0.05, 0) is 24.3 Å². The maximum Gasteiger partial charge on any atom is 0.258 e. The predicted molar refractivity (Wildman–Crippen MR) is 91.2 cm³/mol. The largest absolute Gasteiger partial charge is 0.507 e. The highest BCUT2D eigenvalue weighted by atomic mass is 32.1. The fourth-order valence-corrected chi connectivity index (χ4v) is 3.06. The Morgan fingerprint density at radius 2 is 1.83 bits per heavy atom. The molecule has 0 saturated heterocycles. The van der Waals surface area contributed by atoms with E-state index in [-0.39, 0.29) is 17.1 Å². The van der Waals surface area contributed by atoms with Crippen LogP contribution in [0.1, 0.15) is 16.1 Å². The van der Waals surface area contributed by atoms with Crippen molar-refractivity contribution in [3.63, 3.8) is 0 Å². The first-order valence-corrected chi connectivity index (χ1v) is 8.17. The summed E-state index contributed by atoms with van der Waals surface area (Å²) in [5.74, 6) is -1.02. The molecule has 3 N–H and O–H groups in total. The number of benzene rings is 1. The number of hydrogen-bond acceptors (Lipinski definition) is 6. The summed E-state index contributed by atoms with van der Waals surface area (Å²) in [6.45, 7) is 0.353. The molecule has 0 atom stereocenters. The summed E-state index contributed by atoms with van der Waals surface area (Å²) < 4.78 is 0. The first-order chi connectivity index (χ1) is 11.6. The average molecular weight is 341 g/mol. The molecule has 0 aliphatic heterocycles. The Balaban J connectivity index is 1.59. The second-order valence-corrected chi connectivity index (χ2v) is 5.92. The van der Waals surface area contributed by atoms with Crippen molar-refractivity contribution in [3.05, 3.63) is 59.4 Å². The standard InChI is InChI=1S/C17H15N3O3S/c21-13-2-1-3-14(22)15(13)16(23)19-9-6-12-10-24-17(20-12)11-4-7-18-8-5-11/h1-5,7-8,10,21-22H,6,9H2,(H,19,23). The van der Waals surface area contributed by atoms with Gasteiger partial charge in [0.25, 0.3) is 5.91 Å². The zero-order valence-electron chi connectivity index (χ0n) is 12.6. The normalized spacial score (nSPS) is 10.5. The molecule has 24 heavy (non-hydrogen) atoms. The van der Waals surface area contributed by atoms with Crippen LogP contribution in [0, 0.1) is 0 Å². The summed E-state index contributed by atoms with van der Waals surface area (Å²) in [6.07, 6.45) is 3.99. The van der Waals surface area contributed by atoms with E-state index in [1.165, 1.54) is 29.5 Å². The number of amides is 1. The molecule has 0 radical (unpaired) electrons. The molecule has 7 heteroatoms. The first-order valence-electron chi connectivity index (χ1n) is 7.29. The van der Waals surface area contributed by atoms with Gasteiger partial charge in [0.2, 0.25) is 0 Å². The van der Waals surface area contributed by atoms with Crippen LogP contribution in [0.5, 0.6) is 11.5 Å². The Hall–Kier alpha value is -2.93. The highest BCUT2D eigenvalue weighted by molar-refractivity contribution is 7.13. The zero-order chi connectivity index (χ0) is 16.9. The highest BCUT2D eigenvalue weighted by Crippen LogP contribution is 2.26. The number of aromatic hydroxyl groups is 2. The molecular weight excluding hydrogens is 326 g/mol. The Morgan fingerprint density at radius 1 is 1.12 bits per heavy atom. The van der Waals surface area contributed by atoms with Crippen molar-refractivity contribution in [1.29, 1.82) is 0 Å². The minimum atomic E-state index is -0.518. The van der Waals surface area contributed by atoms with E-state index in [0.717, 1.165) is 16.3 Å². The average Bonchev–Trinajstić information content (AvgIpc) is 3.04. The topological polar surface area (TPSA) is 95.3 Å². The first kappa shape index (κ1) is 15.9.